The molecule has 2 nitrogen and oxygen atoms in total. The molecule has 1 unspecified atom stereocenters. The Balaban J connectivity index is 1.66. The minimum Gasteiger partial charge on any atom is -0.297 e. The van der Waals surface area contributed by atoms with Gasteiger partial charge in [0.15, 0.2) is 5.78 Å². The maximum absolute atomic E-state index is 13.1. The van der Waals surface area contributed by atoms with Crippen LogP contribution in [-0.4, -0.2) is 5.78 Å². The Labute approximate surface area is 123 Å². The molecule has 0 amide bonds. The molecule has 0 N–H and O–H groups in total. The van der Waals surface area contributed by atoms with E-state index in [0.29, 0.717) is 0 Å². The van der Waals surface area contributed by atoms with Crippen LogP contribution in [0.2, 0.25) is 0 Å². The molecule has 0 aliphatic heterocycles. The van der Waals surface area contributed by atoms with Gasteiger partial charge in [0, 0.05) is 10.3 Å². The van der Waals surface area contributed by atoms with Crippen molar-refractivity contribution in [3.63, 3.8) is 0 Å². The molecule has 4 saturated carbocycles. The zero-order valence-corrected chi connectivity index (χ0v) is 12.4. The largest absolute Gasteiger partial charge is 0.297 e. The Morgan fingerprint density at radius 1 is 1.25 bits per heavy atom. The number of hydrogen-bond acceptors (Lipinski definition) is 3. The highest BCUT2D eigenvalue weighted by atomic mass is 32.1. The maximum Gasteiger partial charge on any atom is 0.161 e. The fourth-order valence-corrected chi connectivity index (χ4v) is 6.19. The van der Waals surface area contributed by atoms with Crippen LogP contribution in [0.4, 0.5) is 0 Å². The molecule has 4 aliphatic carbocycles. The second kappa shape index (κ2) is 4.43. The van der Waals surface area contributed by atoms with E-state index in [1.54, 1.807) is 11.3 Å². The molecule has 104 valence electrons. The van der Waals surface area contributed by atoms with E-state index in [9.17, 15) is 10.1 Å². The van der Waals surface area contributed by atoms with E-state index in [-0.39, 0.29) is 11.2 Å². The quantitative estimate of drug-likeness (QED) is 0.837. The predicted octanol–water partition coefficient (Wildman–Crippen LogP) is 4.14. The Morgan fingerprint density at radius 3 is 2.30 bits per heavy atom. The number of Topliss-reactive ketones (excluding diaryl/α,β-unsaturated/α-hetero) is 1. The number of carbonyl (C=O) groups is 1. The lowest BCUT2D eigenvalue weighted by Crippen LogP contribution is -2.51. The molecular formula is C17H19NOS. The van der Waals surface area contributed by atoms with E-state index in [0.717, 1.165) is 41.9 Å². The molecular weight excluding hydrogens is 266 g/mol. The van der Waals surface area contributed by atoms with Gasteiger partial charge in [-0.3, -0.25) is 4.79 Å². The van der Waals surface area contributed by atoms with Gasteiger partial charge in [0.25, 0.3) is 0 Å². The van der Waals surface area contributed by atoms with Crippen LogP contribution in [0, 0.1) is 34.5 Å². The van der Waals surface area contributed by atoms with Gasteiger partial charge in [0.05, 0.1) is 6.07 Å². The van der Waals surface area contributed by atoms with Gasteiger partial charge < -0.3 is 0 Å². The van der Waals surface area contributed by atoms with Crippen molar-refractivity contribution in [2.24, 2.45) is 23.2 Å². The Morgan fingerprint density at radius 2 is 1.85 bits per heavy atom. The normalized spacial score (nSPS) is 39.5. The lowest BCUT2D eigenvalue weighted by Gasteiger charge is -2.56. The van der Waals surface area contributed by atoms with Crippen molar-refractivity contribution in [3.8, 4) is 6.07 Å². The summed E-state index contributed by atoms with van der Waals surface area (Å²) < 4.78 is 0. The highest BCUT2D eigenvalue weighted by Gasteiger charge is 2.55. The Bertz CT molecular complexity index is 533. The van der Waals surface area contributed by atoms with Crippen LogP contribution < -0.4 is 0 Å². The smallest absolute Gasteiger partial charge is 0.161 e. The van der Waals surface area contributed by atoms with Gasteiger partial charge in [-0.25, -0.2) is 0 Å². The molecule has 1 aromatic heterocycles. The molecule has 0 radical (unpaired) electrons. The van der Waals surface area contributed by atoms with Crippen LogP contribution in [-0.2, 0) is 4.79 Å². The van der Waals surface area contributed by atoms with E-state index < -0.39 is 5.92 Å². The fraction of sp³-hybridized carbons (Fsp3) is 0.647. The second-order valence-corrected chi connectivity index (χ2v) is 8.12. The van der Waals surface area contributed by atoms with Crippen molar-refractivity contribution in [2.45, 2.75) is 44.4 Å². The monoisotopic (exact) mass is 285 g/mol. The summed E-state index contributed by atoms with van der Waals surface area (Å²) >= 11 is 1.54. The van der Waals surface area contributed by atoms with E-state index in [2.05, 4.69) is 6.07 Å². The van der Waals surface area contributed by atoms with Gasteiger partial charge in [0.2, 0.25) is 0 Å². The summed E-state index contributed by atoms with van der Waals surface area (Å²) in [5.41, 5.74) is -0.154. The zero-order valence-electron chi connectivity index (χ0n) is 11.5. The van der Waals surface area contributed by atoms with Crippen molar-refractivity contribution in [2.75, 3.05) is 0 Å². The second-order valence-electron chi connectivity index (χ2n) is 7.14. The van der Waals surface area contributed by atoms with Gasteiger partial charge >= 0.3 is 0 Å². The Kier molecular flexibility index (Phi) is 2.79. The SMILES string of the molecule is N#CC(C(=O)C12CC3CC(CC(C3)C1)C2)c1cccs1. The average Bonchev–Trinajstić information content (AvgIpc) is 2.92. The maximum atomic E-state index is 13.1. The molecule has 4 bridgehead atoms. The standard InChI is InChI=1S/C17H19NOS/c18-10-14(15-2-1-3-20-15)16(19)17-7-11-4-12(8-17)6-13(5-11)9-17/h1-3,11-14H,4-9H2. The van der Waals surface area contributed by atoms with Crippen molar-refractivity contribution in [1.82, 2.24) is 0 Å². The number of nitrogens with zero attached hydrogens (tertiary/aromatic N) is 1. The molecule has 4 fully saturated rings. The molecule has 3 heteroatoms. The average molecular weight is 285 g/mol. The summed E-state index contributed by atoms with van der Waals surface area (Å²) in [5, 5.41) is 11.5. The topological polar surface area (TPSA) is 40.9 Å². The molecule has 1 aromatic rings. The zero-order chi connectivity index (χ0) is 13.7. The number of hydrogen-bond donors (Lipinski definition) is 0. The minimum absolute atomic E-state index is 0.154. The highest BCUT2D eigenvalue weighted by Crippen LogP contribution is 2.61. The first-order valence-electron chi connectivity index (χ1n) is 7.67. The molecule has 0 saturated heterocycles. The molecule has 4 aliphatic rings. The van der Waals surface area contributed by atoms with E-state index in [1.807, 2.05) is 17.5 Å². The molecule has 0 aromatic carbocycles. The van der Waals surface area contributed by atoms with Crippen LogP contribution in [0.25, 0.3) is 0 Å². The summed E-state index contributed by atoms with van der Waals surface area (Å²) in [7, 11) is 0. The lowest BCUT2D eigenvalue weighted by molar-refractivity contribution is -0.144. The first-order chi connectivity index (χ1) is 9.70. The van der Waals surface area contributed by atoms with Crippen molar-refractivity contribution < 1.29 is 4.79 Å². The number of rotatable bonds is 3. The van der Waals surface area contributed by atoms with Crippen molar-refractivity contribution >= 4 is 17.1 Å². The summed E-state index contributed by atoms with van der Waals surface area (Å²) in [6.07, 6.45) is 7.18. The van der Waals surface area contributed by atoms with Crippen LogP contribution >= 0.6 is 11.3 Å². The van der Waals surface area contributed by atoms with Gasteiger partial charge in [-0.1, -0.05) is 6.07 Å². The minimum atomic E-state index is -0.522. The first-order valence-corrected chi connectivity index (χ1v) is 8.55. The third-order valence-electron chi connectivity index (χ3n) is 5.78. The van der Waals surface area contributed by atoms with Crippen LogP contribution in [0.3, 0.4) is 0 Å². The highest BCUT2D eigenvalue weighted by molar-refractivity contribution is 7.10. The van der Waals surface area contributed by atoms with Crippen LogP contribution in [0.1, 0.15) is 49.3 Å². The van der Waals surface area contributed by atoms with E-state index >= 15 is 0 Å². The third-order valence-corrected chi connectivity index (χ3v) is 6.72. The summed E-state index contributed by atoms with van der Waals surface area (Å²) in [4.78, 5) is 14.0. The van der Waals surface area contributed by atoms with Gasteiger partial charge in [-0.15, -0.1) is 11.3 Å². The van der Waals surface area contributed by atoms with E-state index in [1.165, 1.54) is 19.3 Å². The fourth-order valence-electron chi connectivity index (χ4n) is 5.43. The number of nitriles is 1. The van der Waals surface area contributed by atoms with Crippen LogP contribution in [0.15, 0.2) is 17.5 Å². The number of carbonyl (C=O) groups excluding carboxylic acids is 1. The van der Waals surface area contributed by atoms with Crippen molar-refractivity contribution in [3.05, 3.63) is 22.4 Å². The van der Waals surface area contributed by atoms with Crippen molar-refractivity contribution in [1.29, 1.82) is 5.26 Å². The van der Waals surface area contributed by atoms with Gasteiger partial charge in [0.1, 0.15) is 5.92 Å². The summed E-state index contributed by atoms with van der Waals surface area (Å²) in [6.45, 7) is 0. The number of thiophene rings is 1. The molecule has 20 heavy (non-hydrogen) atoms. The molecule has 0 spiro atoms. The molecule has 1 atom stereocenters. The third kappa shape index (κ3) is 1.78. The summed E-state index contributed by atoms with van der Waals surface area (Å²) in [6, 6.07) is 6.17. The molecule has 1 heterocycles. The number of ketones is 1. The predicted molar refractivity (Wildman–Crippen MR) is 78.3 cm³/mol. The molecule has 5 rings (SSSR count). The first kappa shape index (κ1) is 12.6. The van der Waals surface area contributed by atoms with Gasteiger partial charge in [-0.2, -0.15) is 5.26 Å². The Hall–Kier alpha value is -1.14. The van der Waals surface area contributed by atoms with Gasteiger partial charge in [-0.05, 0) is 67.7 Å². The summed E-state index contributed by atoms with van der Waals surface area (Å²) in [5.74, 6) is 1.99. The van der Waals surface area contributed by atoms with E-state index in [4.69, 9.17) is 0 Å². The lowest BCUT2D eigenvalue weighted by atomic mass is 9.47. The van der Waals surface area contributed by atoms with Crippen LogP contribution in [0.5, 0.6) is 0 Å².